The number of piperazine rings is 1. The first-order valence-corrected chi connectivity index (χ1v) is 7.14. The third kappa shape index (κ3) is 5.09. The molecule has 1 aliphatic heterocycles. The number of hydrogen-bond acceptors (Lipinski definition) is 3. The molecule has 0 spiro atoms. The van der Waals surface area contributed by atoms with Gasteiger partial charge in [-0.15, -0.1) is 24.8 Å². The fourth-order valence-corrected chi connectivity index (χ4v) is 2.42. The number of nitrogens with one attached hydrogen (secondary N) is 1. The fraction of sp³-hybridized carbons (Fsp3) is 0.294. The molecule has 0 aliphatic carbocycles. The van der Waals surface area contributed by atoms with Crippen molar-refractivity contribution in [3.63, 3.8) is 0 Å². The van der Waals surface area contributed by atoms with E-state index in [0.29, 0.717) is 6.61 Å². The number of hydrogen-bond donors (Lipinski definition) is 1. The molecule has 1 aliphatic rings. The van der Waals surface area contributed by atoms with Crippen LogP contribution in [0.2, 0.25) is 0 Å². The Morgan fingerprint density at radius 3 is 2.14 bits per heavy atom. The van der Waals surface area contributed by atoms with Gasteiger partial charge in [-0.2, -0.15) is 0 Å². The minimum Gasteiger partial charge on any atom is -0.489 e. The van der Waals surface area contributed by atoms with E-state index < -0.39 is 0 Å². The number of rotatable bonds is 4. The second kappa shape index (κ2) is 9.57. The van der Waals surface area contributed by atoms with Crippen molar-refractivity contribution in [3.05, 3.63) is 60.2 Å². The van der Waals surface area contributed by atoms with E-state index in [9.17, 15) is 0 Å². The van der Waals surface area contributed by atoms with Gasteiger partial charge in [0.05, 0.1) is 0 Å². The third-order valence-electron chi connectivity index (χ3n) is 3.57. The van der Waals surface area contributed by atoms with Crippen molar-refractivity contribution in [2.24, 2.45) is 0 Å². The van der Waals surface area contributed by atoms with E-state index in [1.807, 2.05) is 18.2 Å². The second-order valence-corrected chi connectivity index (χ2v) is 5.01. The summed E-state index contributed by atoms with van der Waals surface area (Å²) >= 11 is 0. The predicted molar refractivity (Wildman–Crippen MR) is 96.8 cm³/mol. The molecule has 1 heterocycles. The van der Waals surface area contributed by atoms with Crippen molar-refractivity contribution in [2.45, 2.75) is 6.61 Å². The van der Waals surface area contributed by atoms with Crippen LogP contribution in [0.4, 0.5) is 5.69 Å². The van der Waals surface area contributed by atoms with Crippen LogP contribution < -0.4 is 15.0 Å². The Morgan fingerprint density at radius 1 is 0.864 bits per heavy atom. The second-order valence-electron chi connectivity index (χ2n) is 5.01. The standard InChI is InChI=1S/C17H20N2O.2ClH/c1-2-4-15(5-3-1)14-20-17-8-6-16(7-9-17)19-12-10-18-11-13-19;;/h1-9,18H,10-14H2;2*1H. The molecular weight excluding hydrogens is 319 g/mol. The molecule has 2 aromatic rings. The maximum Gasteiger partial charge on any atom is 0.119 e. The molecule has 0 unspecified atom stereocenters. The quantitative estimate of drug-likeness (QED) is 0.921. The van der Waals surface area contributed by atoms with E-state index in [1.54, 1.807) is 0 Å². The molecule has 2 aromatic carbocycles. The van der Waals surface area contributed by atoms with Crippen molar-refractivity contribution < 1.29 is 4.74 Å². The Morgan fingerprint density at radius 2 is 1.50 bits per heavy atom. The van der Waals surface area contributed by atoms with Crippen LogP contribution in [0.1, 0.15) is 5.56 Å². The third-order valence-corrected chi connectivity index (χ3v) is 3.57. The molecule has 3 rings (SSSR count). The molecule has 0 radical (unpaired) electrons. The van der Waals surface area contributed by atoms with E-state index in [-0.39, 0.29) is 24.8 Å². The zero-order valence-corrected chi connectivity index (χ0v) is 14.0. The Bertz CT molecular complexity index is 528. The lowest BCUT2D eigenvalue weighted by Gasteiger charge is -2.29. The first-order valence-electron chi connectivity index (χ1n) is 7.14. The molecule has 0 atom stereocenters. The zero-order valence-electron chi connectivity index (χ0n) is 12.4. The van der Waals surface area contributed by atoms with Crippen LogP contribution in [0.25, 0.3) is 0 Å². The fourth-order valence-electron chi connectivity index (χ4n) is 2.42. The minimum absolute atomic E-state index is 0. The average Bonchev–Trinajstić information content (AvgIpc) is 2.55. The average molecular weight is 341 g/mol. The largest absolute Gasteiger partial charge is 0.489 e. The lowest BCUT2D eigenvalue weighted by molar-refractivity contribution is 0.306. The molecule has 5 heteroatoms. The van der Waals surface area contributed by atoms with Gasteiger partial charge >= 0.3 is 0 Å². The molecule has 0 amide bonds. The summed E-state index contributed by atoms with van der Waals surface area (Å²) in [7, 11) is 0. The highest BCUT2D eigenvalue weighted by molar-refractivity contribution is 5.85. The lowest BCUT2D eigenvalue weighted by Crippen LogP contribution is -2.43. The lowest BCUT2D eigenvalue weighted by atomic mass is 10.2. The van der Waals surface area contributed by atoms with E-state index in [4.69, 9.17) is 4.74 Å². The Hall–Kier alpha value is -1.42. The van der Waals surface area contributed by atoms with Crippen molar-refractivity contribution >= 4 is 30.5 Å². The smallest absolute Gasteiger partial charge is 0.119 e. The Balaban J connectivity index is 0.00000121. The van der Waals surface area contributed by atoms with Crippen LogP contribution in [-0.2, 0) is 6.61 Å². The molecule has 3 nitrogen and oxygen atoms in total. The number of halogens is 2. The minimum atomic E-state index is 0. The Labute approximate surface area is 144 Å². The van der Waals surface area contributed by atoms with Crippen molar-refractivity contribution in [1.29, 1.82) is 0 Å². The van der Waals surface area contributed by atoms with Gasteiger partial charge in [0.15, 0.2) is 0 Å². The number of anilines is 1. The van der Waals surface area contributed by atoms with E-state index in [2.05, 4.69) is 46.6 Å². The maximum atomic E-state index is 5.80. The molecule has 120 valence electrons. The van der Waals surface area contributed by atoms with Gasteiger partial charge in [-0.3, -0.25) is 0 Å². The van der Waals surface area contributed by atoms with E-state index in [1.165, 1.54) is 11.3 Å². The van der Waals surface area contributed by atoms with Crippen LogP contribution in [-0.4, -0.2) is 26.2 Å². The van der Waals surface area contributed by atoms with Gasteiger partial charge in [-0.1, -0.05) is 30.3 Å². The summed E-state index contributed by atoms with van der Waals surface area (Å²) in [5.41, 5.74) is 2.47. The number of nitrogens with zero attached hydrogens (tertiary/aromatic N) is 1. The molecule has 0 saturated carbocycles. The van der Waals surface area contributed by atoms with Crippen LogP contribution >= 0.6 is 24.8 Å². The number of benzene rings is 2. The van der Waals surface area contributed by atoms with Gasteiger partial charge in [-0.25, -0.2) is 0 Å². The molecule has 0 aromatic heterocycles. The molecule has 1 N–H and O–H groups in total. The summed E-state index contributed by atoms with van der Waals surface area (Å²) in [6.07, 6.45) is 0. The highest BCUT2D eigenvalue weighted by atomic mass is 35.5. The summed E-state index contributed by atoms with van der Waals surface area (Å²) in [6, 6.07) is 18.6. The Kier molecular flexibility index (Phi) is 8.10. The monoisotopic (exact) mass is 340 g/mol. The van der Waals surface area contributed by atoms with Crippen LogP contribution in [0.3, 0.4) is 0 Å². The maximum absolute atomic E-state index is 5.80. The topological polar surface area (TPSA) is 24.5 Å². The van der Waals surface area contributed by atoms with Gasteiger partial charge in [0.1, 0.15) is 12.4 Å². The first kappa shape index (κ1) is 18.6. The summed E-state index contributed by atoms with van der Waals surface area (Å²) < 4.78 is 5.80. The highest BCUT2D eigenvalue weighted by Crippen LogP contribution is 2.20. The van der Waals surface area contributed by atoms with Crippen LogP contribution in [0.5, 0.6) is 5.75 Å². The number of ether oxygens (including phenoxy) is 1. The van der Waals surface area contributed by atoms with Crippen LogP contribution in [0, 0.1) is 0 Å². The van der Waals surface area contributed by atoms with E-state index in [0.717, 1.165) is 31.9 Å². The van der Waals surface area contributed by atoms with Gasteiger partial charge < -0.3 is 15.0 Å². The SMILES string of the molecule is Cl.Cl.c1ccc(COc2ccc(N3CCNCC3)cc2)cc1. The molecule has 1 saturated heterocycles. The van der Waals surface area contributed by atoms with Gasteiger partial charge in [-0.05, 0) is 29.8 Å². The van der Waals surface area contributed by atoms with Crippen molar-refractivity contribution in [2.75, 3.05) is 31.1 Å². The zero-order chi connectivity index (χ0) is 13.6. The molecule has 0 bridgehead atoms. The van der Waals surface area contributed by atoms with E-state index >= 15 is 0 Å². The molecule has 1 fully saturated rings. The highest BCUT2D eigenvalue weighted by Gasteiger charge is 2.09. The summed E-state index contributed by atoms with van der Waals surface area (Å²) in [6.45, 7) is 4.89. The summed E-state index contributed by atoms with van der Waals surface area (Å²) in [5.74, 6) is 0.924. The van der Waals surface area contributed by atoms with Gasteiger partial charge in [0, 0.05) is 31.9 Å². The summed E-state index contributed by atoms with van der Waals surface area (Å²) in [5, 5.41) is 3.37. The van der Waals surface area contributed by atoms with Crippen molar-refractivity contribution in [3.8, 4) is 5.75 Å². The van der Waals surface area contributed by atoms with Gasteiger partial charge in [0.2, 0.25) is 0 Å². The summed E-state index contributed by atoms with van der Waals surface area (Å²) in [4.78, 5) is 2.40. The first-order chi connectivity index (χ1) is 9.92. The predicted octanol–water partition coefficient (Wildman–Crippen LogP) is 3.52. The van der Waals surface area contributed by atoms with Crippen LogP contribution in [0.15, 0.2) is 54.6 Å². The normalized spacial score (nSPS) is 13.7. The van der Waals surface area contributed by atoms with Gasteiger partial charge in [0.25, 0.3) is 0 Å². The van der Waals surface area contributed by atoms with Crippen molar-refractivity contribution in [1.82, 2.24) is 5.32 Å². The molecule has 22 heavy (non-hydrogen) atoms. The molecular formula is C17H22Cl2N2O.